The van der Waals surface area contributed by atoms with Crippen molar-refractivity contribution in [2.45, 2.75) is 31.8 Å². The number of nitrogens with two attached hydrogens (primary N) is 1. The van der Waals surface area contributed by atoms with Crippen LogP contribution in [0.15, 0.2) is 45.9 Å². The molecule has 1 aliphatic heterocycles. The number of para-hydroxylation sites is 2. The Hall–Kier alpha value is -3.36. The van der Waals surface area contributed by atoms with E-state index >= 15 is 0 Å². The molecule has 9 nitrogen and oxygen atoms in total. The van der Waals surface area contributed by atoms with Gasteiger partial charge in [0.15, 0.2) is 5.58 Å². The van der Waals surface area contributed by atoms with Crippen molar-refractivity contribution in [3.8, 4) is 0 Å². The summed E-state index contributed by atoms with van der Waals surface area (Å²) in [6.07, 6.45) is 5.04. The Morgan fingerprint density at radius 1 is 1.25 bits per heavy atom. The molecule has 1 saturated heterocycles. The van der Waals surface area contributed by atoms with Crippen molar-refractivity contribution < 1.29 is 14.0 Å². The predicted octanol–water partition coefficient (Wildman–Crippen LogP) is 0.682. The number of fused-ring (bicyclic) bond motifs is 1. The number of benzene rings is 1. The van der Waals surface area contributed by atoms with Crippen LogP contribution in [0.1, 0.15) is 24.6 Å². The largest absolute Gasteiger partial charge is 0.420 e. The van der Waals surface area contributed by atoms with Crippen molar-refractivity contribution in [1.82, 2.24) is 19.0 Å². The molecule has 2 N–H and O–H groups in total. The molecule has 9 heteroatoms. The molecule has 0 aliphatic carbocycles. The summed E-state index contributed by atoms with van der Waals surface area (Å²) in [6, 6.07) is 7.04. The number of hydrogen-bond donors (Lipinski definition) is 1. The van der Waals surface area contributed by atoms with Crippen molar-refractivity contribution in [3.05, 3.63) is 53.0 Å². The first-order valence-corrected chi connectivity index (χ1v) is 9.18. The summed E-state index contributed by atoms with van der Waals surface area (Å²) in [5.41, 5.74) is 6.37. The molecule has 3 heterocycles. The molecule has 0 saturated carbocycles. The van der Waals surface area contributed by atoms with E-state index in [1.807, 2.05) is 0 Å². The Bertz CT molecular complexity index is 1080. The normalized spacial score (nSPS) is 17.1. The highest BCUT2D eigenvalue weighted by Gasteiger charge is 2.28. The first-order chi connectivity index (χ1) is 13.5. The molecule has 0 radical (unpaired) electrons. The minimum atomic E-state index is -0.542. The average molecular weight is 383 g/mol. The van der Waals surface area contributed by atoms with E-state index in [9.17, 15) is 14.4 Å². The van der Waals surface area contributed by atoms with Gasteiger partial charge in [-0.15, -0.1) is 0 Å². The molecule has 1 aliphatic rings. The molecule has 0 bridgehead atoms. The third-order valence-electron chi connectivity index (χ3n) is 5.08. The number of rotatable bonds is 5. The summed E-state index contributed by atoms with van der Waals surface area (Å²) in [6.45, 7) is 1.10. The van der Waals surface area contributed by atoms with E-state index in [-0.39, 0.29) is 24.9 Å². The topological polar surface area (TPSA) is 116 Å². The third kappa shape index (κ3) is 3.42. The summed E-state index contributed by atoms with van der Waals surface area (Å²) < 4.78 is 8.29. The molecule has 3 aromatic rings. The zero-order chi connectivity index (χ0) is 19.7. The van der Waals surface area contributed by atoms with E-state index in [1.165, 1.54) is 4.57 Å². The lowest BCUT2D eigenvalue weighted by atomic mass is 9.97. The molecule has 2 aromatic heterocycles. The van der Waals surface area contributed by atoms with E-state index in [4.69, 9.17) is 10.2 Å². The maximum Gasteiger partial charge on any atom is 0.420 e. The van der Waals surface area contributed by atoms with Gasteiger partial charge in [-0.05, 0) is 25.0 Å². The second-order valence-corrected chi connectivity index (χ2v) is 6.98. The Labute approximate surface area is 160 Å². The summed E-state index contributed by atoms with van der Waals surface area (Å²) in [5, 5.41) is 0. The van der Waals surface area contributed by atoms with E-state index in [0.717, 1.165) is 18.7 Å². The van der Waals surface area contributed by atoms with Crippen LogP contribution in [0, 0.1) is 0 Å². The number of piperidine rings is 1. The van der Waals surface area contributed by atoms with Crippen LogP contribution in [0.5, 0.6) is 0 Å². The second-order valence-electron chi connectivity index (χ2n) is 6.98. The van der Waals surface area contributed by atoms with Crippen molar-refractivity contribution in [2.75, 3.05) is 13.1 Å². The van der Waals surface area contributed by atoms with E-state index < -0.39 is 11.7 Å². The van der Waals surface area contributed by atoms with Crippen molar-refractivity contribution >= 4 is 22.9 Å². The van der Waals surface area contributed by atoms with Crippen LogP contribution in [0.3, 0.4) is 0 Å². The van der Waals surface area contributed by atoms with Crippen molar-refractivity contribution in [3.63, 3.8) is 0 Å². The lowest BCUT2D eigenvalue weighted by Crippen LogP contribution is -2.42. The van der Waals surface area contributed by atoms with Gasteiger partial charge in [0.1, 0.15) is 18.9 Å². The predicted molar refractivity (Wildman–Crippen MR) is 100 cm³/mol. The Morgan fingerprint density at radius 3 is 2.89 bits per heavy atom. The van der Waals surface area contributed by atoms with Gasteiger partial charge in [-0.1, -0.05) is 12.1 Å². The van der Waals surface area contributed by atoms with Gasteiger partial charge in [-0.3, -0.25) is 14.2 Å². The molecular weight excluding hydrogens is 362 g/mol. The maximum atomic E-state index is 12.9. The van der Waals surface area contributed by atoms with Gasteiger partial charge < -0.3 is 19.6 Å². The molecule has 4 rings (SSSR count). The quantitative estimate of drug-likeness (QED) is 0.695. The van der Waals surface area contributed by atoms with Gasteiger partial charge in [0, 0.05) is 31.4 Å². The second kappa shape index (κ2) is 7.34. The number of amides is 2. The molecule has 1 aromatic carbocycles. The number of hydrogen-bond acceptors (Lipinski definition) is 5. The highest BCUT2D eigenvalue weighted by atomic mass is 16.4. The summed E-state index contributed by atoms with van der Waals surface area (Å²) in [5.74, 6) is -0.354. The third-order valence-corrected chi connectivity index (χ3v) is 5.08. The van der Waals surface area contributed by atoms with Gasteiger partial charge in [0.25, 0.3) is 0 Å². The SMILES string of the molecule is NC(=O)Cn1ccnc1[C@@H]1CCCN(C(=O)Cn2c(=O)oc3ccccc32)C1. The van der Waals surface area contributed by atoms with E-state index in [0.29, 0.717) is 24.2 Å². The van der Waals surface area contributed by atoms with Gasteiger partial charge in [0.05, 0.1) is 5.52 Å². The Kier molecular flexibility index (Phi) is 4.72. The van der Waals surface area contributed by atoms with Crippen LogP contribution < -0.4 is 11.5 Å². The fourth-order valence-electron chi connectivity index (χ4n) is 3.80. The van der Waals surface area contributed by atoms with Crippen LogP contribution in [-0.2, 0) is 22.7 Å². The van der Waals surface area contributed by atoms with Crippen LogP contribution in [0.4, 0.5) is 0 Å². The van der Waals surface area contributed by atoms with Crippen molar-refractivity contribution in [1.29, 1.82) is 0 Å². The maximum absolute atomic E-state index is 12.9. The fraction of sp³-hybridized carbons (Fsp3) is 0.368. The first-order valence-electron chi connectivity index (χ1n) is 9.18. The number of carbonyl (C=O) groups is 2. The summed E-state index contributed by atoms with van der Waals surface area (Å²) in [4.78, 5) is 42.4. The number of nitrogens with zero attached hydrogens (tertiary/aromatic N) is 4. The number of oxazole rings is 1. The molecule has 146 valence electrons. The number of aromatic nitrogens is 3. The monoisotopic (exact) mass is 383 g/mol. The van der Waals surface area contributed by atoms with Gasteiger partial charge in [-0.25, -0.2) is 9.78 Å². The Morgan fingerprint density at radius 2 is 2.07 bits per heavy atom. The smallest absolute Gasteiger partial charge is 0.408 e. The van der Waals surface area contributed by atoms with E-state index in [2.05, 4.69) is 4.98 Å². The molecule has 28 heavy (non-hydrogen) atoms. The molecule has 2 amide bonds. The standard InChI is InChI=1S/C19H21N5O4/c20-16(25)11-23-9-7-21-18(23)13-4-3-8-22(10-13)17(26)12-24-14-5-1-2-6-15(14)28-19(24)27/h1-2,5-7,9,13H,3-4,8,10-12H2,(H2,20,25)/t13-/m1/s1. The van der Waals surface area contributed by atoms with Crippen LogP contribution >= 0.6 is 0 Å². The lowest BCUT2D eigenvalue weighted by Gasteiger charge is -2.32. The minimum absolute atomic E-state index is 0.0184. The fourth-order valence-corrected chi connectivity index (χ4v) is 3.80. The highest BCUT2D eigenvalue weighted by molar-refractivity contribution is 5.79. The molecule has 0 spiro atoms. The number of likely N-dealkylation sites (tertiary alicyclic amines) is 1. The summed E-state index contributed by atoms with van der Waals surface area (Å²) >= 11 is 0. The molecule has 1 fully saturated rings. The van der Waals surface area contributed by atoms with Crippen LogP contribution in [-0.4, -0.2) is 43.9 Å². The van der Waals surface area contributed by atoms with Gasteiger partial charge >= 0.3 is 5.76 Å². The molecule has 1 atom stereocenters. The van der Waals surface area contributed by atoms with Crippen LogP contribution in [0.2, 0.25) is 0 Å². The van der Waals surface area contributed by atoms with Gasteiger partial charge in [-0.2, -0.15) is 0 Å². The summed E-state index contributed by atoms with van der Waals surface area (Å²) in [7, 11) is 0. The zero-order valence-electron chi connectivity index (χ0n) is 15.3. The first kappa shape index (κ1) is 18.0. The van der Waals surface area contributed by atoms with Crippen molar-refractivity contribution in [2.24, 2.45) is 5.73 Å². The lowest BCUT2D eigenvalue weighted by molar-refractivity contribution is -0.133. The number of imidazole rings is 1. The molecule has 0 unspecified atom stereocenters. The van der Waals surface area contributed by atoms with Crippen LogP contribution in [0.25, 0.3) is 11.1 Å². The highest BCUT2D eigenvalue weighted by Crippen LogP contribution is 2.26. The zero-order valence-corrected chi connectivity index (χ0v) is 15.3. The average Bonchev–Trinajstić information content (AvgIpc) is 3.26. The van der Waals surface area contributed by atoms with E-state index in [1.54, 1.807) is 46.1 Å². The number of carbonyl (C=O) groups excluding carboxylic acids is 2. The van der Waals surface area contributed by atoms with Gasteiger partial charge in [0.2, 0.25) is 11.8 Å². The Balaban J connectivity index is 1.51. The minimum Gasteiger partial charge on any atom is -0.408 e. The number of primary amides is 1. The molecular formula is C19H21N5O4.